The number of piperazine rings is 1. The Morgan fingerprint density at radius 1 is 1.09 bits per heavy atom. The van der Waals surface area contributed by atoms with Gasteiger partial charge in [0, 0.05) is 56.0 Å². The number of hydrogen-bond acceptors (Lipinski definition) is 8. The zero-order valence-corrected chi connectivity index (χ0v) is 19.1. The molecule has 5 rings (SSSR count). The summed E-state index contributed by atoms with van der Waals surface area (Å²) in [7, 11) is 0. The highest BCUT2D eigenvalue weighted by Crippen LogP contribution is 2.38. The van der Waals surface area contributed by atoms with Crippen molar-refractivity contribution in [2.75, 3.05) is 37.6 Å². The Kier molecular flexibility index (Phi) is 5.65. The van der Waals surface area contributed by atoms with Gasteiger partial charge < -0.3 is 19.1 Å². The number of aromatic nitrogens is 3. The molecule has 2 aliphatic rings. The van der Waals surface area contributed by atoms with Gasteiger partial charge in [-0.15, -0.1) is 0 Å². The molecule has 0 radical (unpaired) electrons. The predicted octanol–water partition coefficient (Wildman–Crippen LogP) is 3.50. The van der Waals surface area contributed by atoms with E-state index in [2.05, 4.69) is 51.1 Å². The molecule has 9 nitrogen and oxygen atoms in total. The fourth-order valence-electron chi connectivity index (χ4n) is 4.64. The molecular weight excluding hydrogens is 422 g/mol. The van der Waals surface area contributed by atoms with E-state index in [-0.39, 0.29) is 11.8 Å². The molecule has 3 aromatic rings. The first-order valence-electron chi connectivity index (χ1n) is 11.5. The van der Waals surface area contributed by atoms with E-state index in [4.69, 9.17) is 14.2 Å². The van der Waals surface area contributed by atoms with Crippen LogP contribution < -0.4 is 4.90 Å². The maximum Gasteiger partial charge on any atom is 0.304 e. The molecule has 1 fully saturated rings. The van der Waals surface area contributed by atoms with Crippen LogP contribution in [-0.4, -0.2) is 64.0 Å². The minimum absolute atomic E-state index is 0.191. The monoisotopic (exact) mass is 451 g/mol. The van der Waals surface area contributed by atoms with Gasteiger partial charge in [-0.2, -0.15) is 4.98 Å². The van der Waals surface area contributed by atoms with Crippen molar-refractivity contribution >= 4 is 11.7 Å². The van der Waals surface area contributed by atoms with E-state index >= 15 is 0 Å². The Morgan fingerprint density at radius 2 is 1.85 bits per heavy atom. The van der Waals surface area contributed by atoms with Crippen LogP contribution in [-0.2, 0) is 17.6 Å². The number of benzene rings is 1. The number of hydrogen-bond donors (Lipinski definition) is 1. The SMILES string of the molecule is CC1(C)CCc2c(-c3nc(-c4ccc(N5CCN(CCC(=O)O)CC5)cc4)no3)noc2C1. The van der Waals surface area contributed by atoms with Crippen LogP contribution in [0.15, 0.2) is 33.3 Å². The first kappa shape index (κ1) is 21.6. The average Bonchev–Trinajstić information content (AvgIpc) is 3.44. The van der Waals surface area contributed by atoms with Gasteiger partial charge in [-0.1, -0.05) is 24.2 Å². The van der Waals surface area contributed by atoms with Gasteiger partial charge in [0.15, 0.2) is 5.69 Å². The van der Waals surface area contributed by atoms with Gasteiger partial charge in [-0.05, 0) is 42.5 Å². The first-order chi connectivity index (χ1) is 15.9. The van der Waals surface area contributed by atoms with E-state index in [1.54, 1.807) is 0 Å². The van der Waals surface area contributed by atoms with Crippen molar-refractivity contribution in [3.05, 3.63) is 35.6 Å². The van der Waals surface area contributed by atoms with E-state index in [1.165, 1.54) is 0 Å². The summed E-state index contributed by atoms with van der Waals surface area (Å²) in [5.74, 6) is 1.11. The van der Waals surface area contributed by atoms with E-state index in [1.807, 2.05) is 12.1 Å². The molecule has 1 saturated heterocycles. The molecule has 0 spiro atoms. The van der Waals surface area contributed by atoms with E-state index in [0.29, 0.717) is 24.0 Å². The summed E-state index contributed by atoms with van der Waals surface area (Å²) < 4.78 is 11.1. The van der Waals surface area contributed by atoms with Crippen LogP contribution >= 0.6 is 0 Å². The van der Waals surface area contributed by atoms with Crippen LogP contribution in [0.3, 0.4) is 0 Å². The molecule has 0 amide bonds. The highest BCUT2D eigenvalue weighted by Gasteiger charge is 2.32. The minimum atomic E-state index is -0.745. The van der Waals surface area contributed by atoms with Crippen LogP contribution in [0.5, 0.6) is 0 Å². The zero-order chi connectivity index (χ0) is 23.0. The van der Waals surface area contributed by atoms with Crippen molar-refractivity contribution in [2.45, 2.75) is 39.5 Å². The summed E-state index contributed by atoms with van der Waals surface area (Å²) in [6.07, 6.45) is 3.03. The molecule has 1 N–H and O–H groups in total. The Morgan fingerprint density at radius 3 is 2.58 bits per heavy atom. The Labute approximate surface area is 192 Å². The van der Waals surface area contributed by atoms with Crippen LogP contribution in [0.2, 0.25) is 0 Å². The molecule has 0 saturated carbocycles. The lowest BCUT2D eigenvalue weighted by atomic mass is 9.77. The third-order valence-corrected chi connectivity index (χ3v) is 6.69. The first-order valence-corrected chi connectivity index (χ1v) is 11.5. The van der Waals surface area contributed by atoms with Crippen molar-refractivity contribution in [1.29, 1.82) is 0 Å². The molecule has 0 atom stereocenters. The number of carboxylic acid groups (broad SMARTS) is 1. The normalized spacial score (nSPS) is 18.3. The Hall–Kier alpha value is -3.20. The number of fused-ring (bicyclic) bond motifs is 1. The lowest BCUT2D eigenvalue weighted by Gasteiger charge is -2.35. The number of carboxylic acids is 1. The lowest BCUT2D eigenvalue weighted by molar-refractivity contribution is -0.137. The van der Waals surface area contributed by atoms with Crippen molar-refractivity contribution in [3.63, 3.8) is 0 Å². The third kappa shape index (κ3) is 4.64. The molecule has 3 heterocycles. The average molecular weight is 452 g/mol. The summed E-state index contributed by atoms with van der Waals surface area (Å²) in [6, 6.07) is 8.14. The molecule has 9 heteroatoms. The molecule has 0 unspecified atom stereocenters. The number of aliphatic carboxylic acids is 1. The van der Waals surface area contributed by atoms with E-state index in [9.17, 15) is 4.79 Å². The number of nitrogens with zero attached hydrogens (tertiary/aromatic N) is 5. The van der Waals surface area contributed by atoms with Crippen LogP contribution in [0, 0.1) is 5.41 Å². The molecule has 174 valence electrons. The summed E-state index contributed by atoms with van der Waals surface area (Å²) in [5.41, 5.74) is 3.98. The highest BCUT2D eigenvalue weighted by molar-refractivity contribution is 5.67. The maximum atomic E-state index is 10.8. The van der Waals surface area contributed by atoms with E-state index < -0.39 is 5.97 Å². The molecule has 1 aromatic carbocycles. The largest absolute Gasteiger partial charge is 0.481 e. The zero-order valence-electron chi connectivity index (χ0n) is 19.1. The minimum Gasteiger partial charge on any atom is -0.481 e. The summed E-state index contributed by atoms with van der Waals surface area (Å²) in [4.78, 5) is 19.9. The lowest BCUT2D eigenvalue weighted by Crippen LogP contribution is -2.46. The van der Waals surface area contributed by atoms with Crippen LogP contribution in [0.4, 0.5) is 5.69 Å². The smallest absolute Gasteiger partial charge is 0.304 e. The molecule has 33 heavy (non-hydrogen) atoms. The quantitative estimate of drug-likeness (QED) is 0.602. The second kappa shape index (κ2) is 8.62. The molecular formula is C24H29N5O4. The van der Waals surface area contributed by atoms with Crippen LogP contribution in [0.1, 0.15) is 38.0 Å². The summed E-state index contributed by atoms with van der Waals surface area (Å²) in [6.45, 7) is 8.57. The van der Waals surface area contributed by atoms with E-state index in [0.717, 1.165) is 68.0 Å². The summed E-state index contributed by atoms with van der Waals surface area (Å²) in [5, 5.41) is 17.3. The fourth-order valence-corrected chi connectivity index (χ4v) is 4.64. The Bertz CT molecular complexity index is 1130. The summed E-state index contributed by atoms with van der Waals surface area (Å²) >= 11 is 0. The number of carbonyl (C=O) groups is 1. The molecule has 0 bridgehead atoms. The van der Waals surface area contributed by atoms with Crippen molar-refractivity contribution in [3.8, 4) is 23.0 Å². The molecule has 2 aromatic heterocycles. The van der Waals surface area contributed by atoms with Gasteiger partial charge in [-0.25, -0.2) is 0 Å². The van der Waals surface area contributed by atoms with Crippen molar-refractivity contribution < 1.29 is 18.9 Å². The number of rotatable bonds is 6. The third-order valence-electron chi connectivity index (χ3n) is 6.69. The topological polar surface area (TPSA) is 109 Å². The second-order valence-electron chi connectivity index (χ2n) is 9.72. The molecule has 1 aliphatic carbocycles. The van der Waals surface area contributed by atoms with Gasteiger partial charge in [0.05, 0.1) is 6.42 Å². The number of anilines is 1. The van der Waals surface area contributed by atoms with Gasteiger partial charge >= 0.3 is 5.97 Å². The standard InChI is InChI=1S/C24H29N5O4/c1-24(2)9-7-18-19(15-24)32-26-21(18)23-25-22(27-33-23)16-3-5-17(6-4-16)29-13-11-28(12-14-29)10-8-20(30)31/h3-6H,7-15H2,1-2H3,(H,30,31). The predicted molar refractivity (Wildman–Crippen MR) is 122 cm³/mol. The highest BCUT2D eigenvalue weighted by atomic mass is 16.5. The second-order valence-corrected chi connectivity index (χ2v) is 9.72. The van der Waals surface area contributed by atoms with Gasteiger partial charge in [0.25, 0.3) is 5.89 Å². The van der Waals surface area contributed by atoms with Crippen molar-refractivity contribution in [2.24, 2.45) is 5.41 Å². The van der Waals surface area contributed by atoms with Gasteiger partial charge in [0.2, 0.25) is 5.82 Å². The van der Waals surface area contributed by atoms with Gasteiger partial charge in [0.1, 0.15) is 5.76 Å². The molecule has 1 aliphatic heterocycles. The fraction of sp³-hybridized carbons (Fsp3) is 0.500. The van der Waals surface area contributed by atoms with Crippen molar-refractivity contribution in [1.82, 2.24) is 20.2 Å². The Balaban J connectivity index is 1.24. The van der Waals surface area contributed by atoms with Crippen LogP contribution in [0.25, 0.3) is 23.0 Å². The maximum absolute atomic E-state index is 10.8. The van der Waals surface area contributed by atoms with Gasteiger partial charge in [-0.3, -0.25) is 9.69 Å².